The highest BCUT2D eigenvalue weighted by molar-refractivity contribution is 9.13. The minimum absolute atomic E-state index is 0.140. The zero-order chi connectivity index (χ0) is 14.3. The van der Waals surface area contributed by atoms with Crippen LogP contribution in [-0.4, -0.2) is 12.5 Å². The van der Waals surface area contributed by atoms with Gasteiger partial charge in [-0.05, 0) is 66.0 Å². The number of nitrogens with zero attached hydrogens (tertiary/aromatic N) is 2. The van der Waals surface area contributed by atoms with Gasteiger partial charge in [-0.25, -0.2) is 0 Å². The Kier molecular flexibility index (Phi) is 4.21. The maximum Gasteiger partial charge on any atom is 0.196 e. The van der Waals surface area contributed by atoms with E-state index in [9.17, 15) is 0 Å². The Morgan fingerprint density at radius 3 is 2.60 bits per heavy atom. The Bertz CT molecular complexity index is 664. The van der Waals surface area contributed by atoms with Gasteiger partial charge in [-0.3, -0.25) is 4.99 Å². The highest BCUT2D eigenvalue weighted by atomic mass is 79.9. The van der Waals surface area contributed by atoms with E-state index in [0.717, 1.165) is 18.4 Å². The van der Waals surface area contributed by atoms with Gasteiger partial charge in [0.1, 0.15) is 0 Å². The molecule has 1 aromatic carbocycles. The third-order valence-electron chi connectivity index (χ3n) is 3.09. The normalized spacial score (nSPS) is 18.4. The van der Waals surface area contributed by atoms with E-state index in [-0.39, 0.29) is 6.04 Å². The van der Waals surface area contributed by atoms with E-state index < -0.39 is 0 Å². The largest absolute Gasteiger partial charge is 0.369 e. The first-order chi connectivity index (χ1) is 9.58. The van der Waals surface area contributed by atoms with Crippen LogP contribution in [-0.2, 0) is 0 Å². The highest BCUT2D eigenvalue weighted by Crippen LogP contribution is 2.41. The molecule has 7 heteroatoms. The van der Waals surface area contributed by atoms with Crippen molar-refractivity contribution in [2.45, 2.75) is 6.04 Å². The summed E-state index contributed by atoms with van der Waals surface area (Å²) in [4.78, 5) is 7.71. The third-order valence-corrected chi connectivity index (χ3v) is 7.12. The van der Waals surface area contributed by atoms with Gasteiger partial charge in [0.15, 0.2) is 5.96 Å². The minimum Gasteiger partial charge on any atom is -0.369 e. The van der Waals surface area contributed by atoms with Crippen LogP contribution in [0, 0.1) is 0 Å². The summed E-state index contributed by atoms with van der Waals surface area (Å²) in [5, 5.41) is 0. The fourth-order valence-corrected chi connectivity index (χ4v) is 4.83. The average Bonchev–Trinajstić information content (AvgIpc) is 2.94. The van der Waals surface area contributed by atoms with Gasteiger partial charge in [0, 0.05) is 13.8 Å². The SMILES string of the molecule is NC1=NCC(c2cc(Br)c(Br)s2)N1c1ccccc1Br. The van der Waals surface area contributed by atoms with Gasteiger partial charge in [0.05, 0.1) is 22.1 Å². The summed E-state index contributed by atoms with van der Waals surface area (Å²) >= 11 is 12.4. The van der Waals surface area contributed by atoms with Gasteiger partial charge in [0.2, 0.25) is 0 Å². The van der Waals surface area contributed by atoms with Gasteiger partial charge in [-0.1, -0.05) is 12.1 Å². The van der Waals surface area contributed by atoms with Crippen molar-refractivity contribution >= 4 is 70.8 Å². The summed E-state index contributed by atoms with van der Waals surface area (Å²) < 4.78 is 3.17. The number of guanidine groups is 1. The predicted molar refractivity (Wildman–Crippen MR) is 95.6 cm³/mol. The molecular weight excluding hydrogens is 470 g/mol. The Labute approximate surface area is 146 Å². The fraction of sp³-hybridized carbons (Fsp3) is 0.154. The summed E-state index contributed by atoms with van der Waals surface area (Å²) in [6.45, 7) is 0.673. The van der Waals surface area contributed by atoms with Crippen molar-refractivity contribution in [3.63, 3.8) is 0 Å². The molecule has 0 saturated carbocycles. The number of hydrogen-bond donors (Lipinski definition) is 1. The monoisotopic (exact) mass is 477 g/mol. The number of rotatable bonds is 2. The van der Waals surface area contributed by atoms with Crippen molar-refractivity contribution in [3.8, 4) is 0 Å². The van der Waals surface area contributed by atoms with Crippen LogP contribution in [0.3, 0.4) is 0 Å². The first-order valence-electron chi connectivity index (χ1n) is 5.86. The molecule has 3 nitrogen and oxygen atoms in total. The lowest BCUT2D eigenvalue weighted by atomic mass is 10.2. The Morgan fingerprint density at radius 2 is 1.95 bits per heavy atom. The molecule has 20 heavy (non-hydrogen) atoms. The Hall–Kier alpha value is -0.370. The van der Waals surface area contributed by atoms with Crippen molar-refractivity contribution in [1.82, 2.24) is 0 Å². The summed E-state index contributed by atoms with van der Waals surface area (Å²) in [6, 6.07) is 10.3. The second-order valence-electron chi connectivity index (χ2n) is 4.31. The Balaban J connectivity index is 2.03. The van der Waals surface area contributed by atoms with Crippen LogP contribution < -0.4 is 10.6 Å². The Morgan fingerprint density at radius 1 is 1.20 bits per heavy atom. The highest BCUT2D eigenvalue weighted by Gasteiger charge is 2.31. The number of para-hydroxylation sites is 1. The van der Waals surface area contributed by atoms with Gasteiger partial charge in [0.25, 0.3) is 0 Å². The molecule has 1 atom stereocenters. The molecule has 0 saturated heterocycles. The van der Waals surface area contributed by atoms with Crippen molar-refractivity contribution < 1.29 is 0 Å². The molecule has 1 unspecified atom stereocenters. The lowest BCUT2D eigenvalue weighted by molar-refractivity contribution is 0.783. The zero-order valence-electron chi connectivity index (χ0n) is 10.2. The van der Waals surface area contributed by atoms with Crippen LogP contribution in [0.4, 0.5) is 5.69 Å². The van der Waals surface area contributed by atoms with Crippen LogP contribution in [0.1, 0.15) is 10.9 Å². The molecule has 0 aliphatic carbocycles. The molecule has 104 valence electrons. The number of halogens is 3. The van der Waals surface area contributed by atoms with Crippen LogP contribution >= 0.6 is 59.1 Å². The van der Waals surface area contributed by atoms with E-state index in [1.807, 2.05) is 24.3 Å². The van der Waals surface area contributed by atoms with Gasteiger partial charge in [-0.2, -0.15) is 0 Å². The molecule has 3 rings (SSSR count). The lowest BCUT2D eigenvalue weighted by Gasteiger charge is -2.26. The van der Waals surface area contributed by atoms with Crippen LogP contribution in [0.25, 0.3) is 0 Å². The summed E-state index contributed by atoms with van der Waals surface area (Å²) in [5.74, 6) is 0.558. The lowest BCUT2D eigenvalue weighted by Crippen LogP contribution is -2.36. The van der Waals surface area contributed by atoms with E-state index in [0.29, 0.717) is 12.5 Å². The van der Waals surface area contributed by atoms with Crippen molar-refractivity contribution in [2.75, 3.05) is 11.4 Å². The average molecular weight is 480 g/mol. The molecule has 0 amide bonds. The maximum absolute atomic E-state index is 6.09. The first kappa shape index (κ1) is 14.6. The standard InChI is InChI=1S/C13H10Br3N3S/c14-7-3-1-2-4-9(7)19-10(6-18-13(19)17)11-5-8(15)12(16)20-11/h1-5,10H,6H2,(H2,17,18). The van der Waals surface area contributed by atoms with E-state index in [1.54, 1.807) is 11.3 Å². The predicted octanol–water partition coefficient (Wildman–Crippen LogP) is 4.91. The number of thiophene rings is 1. The van der Waals surface area contributed by atoms with E-state index in [4.69, 9.17) is 5.73 Å². The quantitative estimate of drug-likeness (QED) is 0.664. The van der Waals surface area contributed by atoms with Crippen LogP contribution in [0.2, 0.25) is 0 Å². The van der Waals surface area contributed by atoms with Crippen molar-refractivity contribution in [1.29, 1.82) is 0 Å². The molecule has 1 aromatic heterocycles. The topological polar surface area (TPSA) is 41.6 Å². The molecule has 0 bridgehead atoms. The maximum atomic E-state index is 6.09. The van der Waals surface area contributed by atoms with Gasteiger partial charge in [-0.15, -0.1) is 11.3 Å². The van der Waals surface area contributed by atoms with Crippen molar-refractivity contribution in [2.24, 2.45) is 10.7 Å². The number of nitrogens with two attached hydrogens (primary N) is 1. The van der Waals surface area contributed by atoms with E-state index in [2.05, 4.69) is 63.7 Å². The molecular formula is C13H10Br3N3S. The van der Waals surface area contributed by atoms with Gasteiger partial charge < -0.3 is 10.6 Å². The van der Waals surface area contributed by atoms with Crippen LogP contribution in [0.15, 0.2) is 48.1 Å². The van der Waals surface area contributed by atoms with E-state index in [1.165, 1.54) is 4.88 Å². The van der Waals surface area contributed by atoms with Gasteiger partial charge >= 0.3 is 0 Å². The number of hydrogen-bond acceptors (Lipinski definition) is 4. The number of benzene rings is 1. The smallest absolute Gasteiger partial charge is 0.196 e. The fourth-order valence-electron chi connectivity index (χ4n) is 2.18. The van der Waals surface area contributed by atoms with Crippen LogP contribution in [0.5, 0.6) is 0 Å². The summed E-state index contributed by atoms with van der Waals surface area (Å²) in [6.07, 6.45) is 0. The molecule has 2 heterocycles. The molecule has 2 aromatic rings. The molecule has 0 radical (unpaired) electrons. The summed E-state index contributed by atoms with van der Waals surface area (Å²) in [7, 11) is 0. The molecule has 0 fully saturated rings. The summed E-state index contributed by atoms with van der Waals surface area (Å²) in [5.41, 5.74) is 7.13. The number of anilines is 1. The molecule has 1 aliphatic heterocycles. The second kappa shape index (κ2) is 5.79. The first-order valence-corrected chi connectivity index (χ1v) is 9.06. The second-order valence-corrected chi connectivity index (χ2v) is 8.42. The minimum atomic E-state index is 0.140. The molecule has 2 N–H and O–H groups in total. The van der Waals surface area contributed by atoms with E-state index >= 15 is 0 Å². The molecule has 0 spiro atoms. The van der Waals surface area contributed by atoms with Crippen molar-refractivity contribution in [3.05, 3.63) is 47.9 Å². The zero-order valence-corrected chi connectivity index (χ0v) is 15.8. The number of aliphatic imine (C=N–C) groups is 1. The molecule has 1 aliphatic rings. The third kappa shape index (κ3) is 2.56.